The van der Waals surface area contributed by atoms with E-state index in [0.29, 0.717) is 32.5 Å². The molecule has 0 aromatic heterocycles. The maximum absolute atomic E-state index is 12.3. The molecule has 27 heavy (non-hydrogen) atoms. The Hall–Kier alpha value is -3.32. The van der Waals surface area contributed by atoms with Crippen LogP contribution in [0.4, 0.5) is 11.4 Å². The van der Waals surface area contributed by atoms with Gasteiger partial charge < -0.3 is 22.9 Å². The Balaban J connectivity index is 2.38. The molecule has 0 atom stereocenters. The van der Waals surface area contributed by atoms with Gasteiger partial charge in [0.15, 0.2) is 0 Å². The third-order valence-electron chi connectivity index (χ3n) is 4.20. The second kappa shape index (κ2) is 7.13. The van der Waals surface area contributed by atoms with Crippen molar-refractivity contribution in [3.05, 3.63) is 70.2 Å². The van der Waals surface area contributed by atoms with Gasteiger partial charge in [0.1, 0.15) is 0 Å². The standard InChI is InChI=1S/C20H17BrN4O2/c21-18-14(10-1-5-12(22)6-2-10)9-15(19(24)26)16(17(18)20(25)27)11-3-7-13(23)8-4-11/h1-9H,22-23H2,(H2,24,26)(H2,25,27). The number of hydrogen-bond acceptors (Lipinski definition) is 4. The lowest BCUT2D eigenvalue weighted by atomic mass is 9.89. The number of nitrogen functional groups attached to an aromatic ring is 2. The van der Waals surface area contributed by atoms with Crippen molar-refractivity contribution >= 4 is 39.1 Å². The quantitative estimate of drug-likeness (QED) is 0.477. The highest BCUT2D eigenvalue weighted by atomic mass is 79.9. The van der Waals surface area contributed by atoms with Crippen molar-refractivity contribution in [3.8, 4) is 22.3 Å². The number of carbonyl (C=O) groups is 2. The van der Waals surface area contributed by atoms with Gasteiger partial charge in [0.05, 0.1) is 5.56 Å². The second-order valence-electron chi connectivity index (χ2n) is 6.01. The molecule has 0 bridgehead atoms. The summed E-state index contributed by atoms with van der Waals surface area (Å²) in [5.41, 5.74) is 26.6. The number of hydrogen-bond donors (Lipinski definition) is 4. The van der Waals surface area contributed by atoms with E-state index in [2.05, 4.69) is 15.9 Å². The molecule has 0 radical (unpaired) electrons. The molecule has 0 saturated heterocycles. The summed E-state index contributed by atoms with van der Waals surface area (Å²) in [6, 6.07) is 15.4. The zero-order valence-corrected chi connectivity index (χ0v) is 15.8. The first-order chi connectivity index (χ1) is 12.8. The number of halogens is 1. The van der Waals surface area contributed by atoms with Gasteiger partial charge in [0.25, 0.3) is 5.91 Å². The predicted octanol–water partition coefficient (Wildman–Crippen LogP) is 3.15. The van der Waals surface area contributed by atoms with E-state index in [1.165, 1.54) is 0 Å². The fourth-order valence-corrected chi connectivity index (χ4v) is 3.64. The molecule has 0 fully saturated rings. The van der Waals surface area contributed by atoms with Crippen molar-refractivity contribution in [1.29, 1.82) is 0 Å². The molecule has 3 aromatic carbocycles. The molecule has 7 heteroatoms. The summed E-state index contributed by atoms with van der Waals surface area (Å²) < 4.78 is 0.469. The number of rotatable bonds is 4. The van der Waals surface area contributed by atoms with Crippen LogP contribution < -0.4 is 22.9 Å². The molecule has 8 N–H and O–H groups in total. The van der Waals surface area contributed by atoms with Crippen LogP contribution in [-0.2, 0) is 0 Å². The highest BCUT2D eigenvalue weighted by Crippen LogP contribution is 2.40. The first-order valence-corrected chi connectivity index (χ1v) is 8.77. The van der Waals surface area contributed by atoms with Crippen LogP contribution in [0.3, 0.4) is 0 Å². The average Bonchev–Trinajstić information content (AvgIpc) is 2.62. The fourth-order valence-electron chi connectivity index (χ4n) is 2.91. The van der Waals surface area contributed by atoms with E-state index < -0.39 is 11.8 Å². The largest absolute Gasteiger partial charge is 0.399 e. The summed E-state index contributed by atoms with van der Waals surface area (Å²) in [7, 11) is 0. The zero-order chi connectivity index (χ0) is 19.7. The number of carbonyl (C=O) groups excluding carboxylic acids is 2. The molecule has 0 aliphatic carbocycles. The van der Waals surface area contributed by atoms with Crippen molar-refractivity contribution < 1.29 is 9.59 Å². The molecular formula is C20H17BrN4O2. The van der Waals surface area contributed by atoms with Crippen LogP contribution in [0.2, 0.25) is 0 Å². The van der Waals surface area contributed by atoms with Gasteiger partial charge in [0.2, 0.25) is 5.91 Å². The molecule has 0 unspecified atom stereocenters. The van der Waals surface area contributed by atoms with Crippen LogP contribution in [0.15, 0.2) is 59.1 Å². The van der Waals surface area contributed by atoms with E-state index in [9.17, 15) is 9.59 Å². The maximum atomic E-state index is 12.3. The van der Waals surface area contributed by atoms with Gasteiger partial charge in [-0.25, -0.2) is 0 Å². The van der Waals surface area contributed by atoms with Crippen molar-refractivity contribution in [2.45, 2.75) is 0 Å². The predicted molar refractivity (Wildman–Crippen MR) is 111 cm³/mol. The molecule has 3 rings (SSSR count). The molecule has 0 saturated carbocycles. The second-order valence-corrected chi connectivity index (χ2v) is 6.80. The molecule has 0 heterocycles. The number of primary amides is 2. The van der Waals surface area contributed by atoms with Crippen molar-refractivity contribution in [3.63, 3.8) is 0 Å². The highest BCUT2D eigenvalue weighted by molar-refractivity contribution is 9.10. The van der Waals surface area contributed by atoms with Crippen molar-refractivity contribution in [2.75, 3.05) is 11.5 Å². The molecule has 2 amide bonds. The minimum Gasteiger partial charge on any atom is -0.399 e. The van der Waals surface area contributed by atoms with Gasteiger partial charge in [-0.15, -0.1) is 0 Å². The Morgan fingerprint density at radius 2 is 1.22 bits per heavy atom. The minimum atomic E-state index is -0.687. The lowest BCUT2D eigenvalue weighted by Gasteiger charge is -2.17. The first-order valence-electron chi connectivity index (χ1n) is 7.97. The van der Waals surface area contributed by atoms with Crippen LogP contribution in [0.25, 0.3) is 22.3 Å². The smallest absolute Gasteiger partial charge is 0.250 e. The summed E-state index contributed by atoms with van der Waals surface area (Å²) >= 11 is 3.47. The number of benzene rings is 3. The molecule has 0 aliphatic heterocycles. The number of nitrogens with two attached hydrogens (primary N) is 4. The van der Waals surface area contributed by atoms with E-state index in [4.69, 9.17) is 22.9 Å². The Labute approximate surface area is 164 Å². The topological polar surface area (TPSA) is 138 Å². The van der Waals surface area contributed by atoms with Crippen LogP contribution in [0.1, 0.15) is 20.7 Å². The highest BCUT2D eigenvalue weighted by Gasteiger charge is 2.24. The van der Waals surface area contributed by atoms with Crippen LogP contribution >= 0.6 is 15.9 Å². The van der Waals surface area contributed by atoms with Gasteiger partial charge in [-0.1, -0.05) is 24.3 Å². The lowest BCUT2D eigenvalue weighted by molar-refractivity contribution is 0.0998. The van der Waals surface area contributed by atoms with Crippen molar-refractivity contribution in [1.82, 2.24) is 0 Å². The molecule has 136 valence electrons. The number of amides is 2. The van der Waals surface area contributed by atoms with Gasteiger partial charge in [-0.2, -0.15) is 0 Å². The summed E-state index contributed by atoms with van der Waals surface area (Å²) in [6.45, 7) is 0. The van der Waals surface area contributed by atoms with E-state index in [1.807, 2.05) is 0 Å². The first kappa shape index (κ1) is 18.5. The third-order valence-corrected chi connectivity index (χ3v) is 5.02. The molecular weight excluding hydrogens is 408 g/mol. The van der Waals surface area contributed by atoms with Gasteiger partial charge in [-0.05, 0) is 63.0 Å². The van der Waals surface area contributed by atoms with E-state index in [-0.39, 0.29) is 11.1 Å². The van der Waals surface area contributed by atoms with Gasteiger partial charge in [-0.3, -0.25) is 9.59 Å². The molecule has 0 aliphatic rings. The zero-order valence-electron chi connectivity index (χ0n) is 14.2. The number of anilines is 2. The Morgan fingerprint density at radius 1 is 0.741 bits per heavy atom. The Morgan fingerprint density at radius 3 is 1.67 bits per heavy atom. The van der Waals surface area contributed by atoms with Gasteiger partial charge >= 0.3 is 0 Å². The van der Waals surface area contributed by atoms with Gasteiger partial charge in [0, 0.05) is 27.0 Å². The van der Waals surface area contributed by atoms with E-state index in [0.717, 1.165) is 5.56 Å². The van der Waals surface area contributed by atoms with Crippen molar-refractivity contribution in [2.24, 2.45) is 11.5 Å². The summed E-state index contributed by atoms with van der Waals surface area (Å²) in [5.74, 6) is -1.36. The molecule has 6 nitrogen and oxygen atoms in total. The average molecular weight is 425 g/mol. The van der Waals surface area contributed by atoms with E-state index in [1.54, 1.807) is 54.6 Å². The normalized spacial score (nSPS) is 10.6. The summed E-state index contributed by atoms with van der Waals surface area (Å²) in [5, 5.41) is 0. The summed E-state index contributed by atoms with van der Waals surface area (Å²) in [4.78, 5) is 24.5. The monoisotopic (exact) mass is 424 g/mol. The van der Waals surface area contributed by atoms with Crippen LogP contribution in [0, 0.1) is 0 Å². The SMILES string of the molecule is NC(=O)c1cc(-c2ccc(N)cc2)c(Br)c(C(N)=O)c1-c1ccc(N)cc1. The summed E-state index contributed by atoms with van der Waals surface area (Å²) in [6.07, 6.45) is 0. The van der Waals surface area contributed by atoms with E-state index >= 15 is 0 Å². The maximum Gasteiger partial charge on any atom is 0.250 e. The lowest BCUT2D eigenvalue weighted by Crippen LogP contribution is -2.19. The van der Waals surface area contributed by atoms with Crippen LogP contribution in [0.5, 0.6) is 0 Å². The molecule has 0 spiro atoms. The molecule has 3 aromatic rings. The van der Waals surface area contributed by atoms with Crippen LogP contribution in [-0.4, -0.2) is 11.8 Å². The Bertz CT molecular complexity index is 1050. The minimum absolute atomic E-state index is 0.169. The fraction of sp³-hybridized carbons (Fsp3) is 0. The Kier molecular flexibility index (Phi) is 4.87. The third kappa shape index (κ3) is 3.50.